The predicted octanol–water partition coefficient (Wildman–Crippen LogP) is 1.70. The van der Waals surface area contributed by atoms with Crippen molar-refractivity contribution in [1.82, 2.24) is 14.8 Å². The Kier molecular flexibility index (Phi) is 2.33. The molecule has 0 fully saturated rings. The van der Waals surface area contributed by atoms with Gasteiger partial charge in [-0.25, -0.2) is 9.67 Å². The van der Waals surface area contributed by atoms with Crippen molar-refractivity contribution in [3.05, 3.63) is 41.5 Å². The molecule has 0 N–H and O–H groups in total. The fraction of sp³-hybridized carbons (Fsp3) is 0.182. The van der Waals surface area contributed by atoms with E-state index < -0.39 is 0 Å². The quantitative estimate of drug-likeness (QED) is 0.695. The number of hydrogen-bond acceptors (Lipinski definition) is 3. The summed E-state index contributed by atoms with van der Waals surface area (Å²) in [6, 6.07) is 5.63. The summed E-state index contributed by atoms with van der Waals surface area (Å²) < 4.78 is 1.70. The third-order valence-electron chi connectivity index (χ3n) is 2.35. The van der Waals surface area contributed by atoms with Gasteiger partial charge in [-0.1, -0.05) is 6.07 Å². The molecule has 0 amide bonds. The Morgan fingerprint density at radius 1 is 1.33 bits per heavy atom. The van der Waals surface area contributed by atoms with Gasteiger partial charge in [0, 0.05) is 5.56 Å². The first-order valence-electron chi connectivity index (χ1n) is 4.65. The van der Waals surface area contributed by atoms with Crippen LogP contribution in [0, 0.1) is 13.8 Å². The maximum absolute atomic E-state index is 10.8. The van der Waals surface area contributed by atoms with E-state index in [4.69, 9.17) is 0 Å². The third kappa shape index (κ3) is 1.66. The highest BCUT2D eigenvalue weighted by atomic mass is 16.1. The highest BCUT2D eigenvalue weighted by molar-refractivity contribution is 5.78. The van der Waals surface area contributed by atoms with E-state index in [1.165, 1.54) is 6.33 Å². The molecule has 0 bridgehead atoms. The number of aryl methyl sites for hydroxylation is 2. The van der Waals surface area contributed by atoms with Crippen molar-refractivity contribution in [2.45, 2.75) is 13.8 Å². The topological polar surface area (TPSA) is 47.8 Å². The summed E-state index contributed by atoms with van der Waals surface area (Å²) in [5.41, 5.74) is 2.51. The molecular weight excluding hydrogens is 190 g/mol. The number of carbonyl (C=O) groups is 1. The van der Waals surface area contributed by atoms with E-state index in [2.05, 4.69) is 10.1 Å². The van der Waals surface area contributed by atoms with Crippen LogP contribution < -0.4 is 0 Å². The molecule has 1 aromatic carbocycles. The average molecular weight is 201 g/mol. The molecule has 0 aliphatic carbocycles. The number of nitrogens with zero attached hydrogens (tertiary/aromatic N) is 3. The van der Waals surface area contributed by atoms with Crippen LogP contribution in [-0.4, -0.2) is 21.1 Å². The zero-order chi connectivity index (χ0) is 10.8. The molecule has 15 heavy (non-hydrogen) atoms. The van der Waals surface area contributed by atoms with Crippen molar-refractivity contribution in [3.63, 3.8) is 0 Å². The van der Waals surface area contributed by atoms with Crippen LogP contribution in [0.2, 0.25) is 0 Å². The lowest BCUT2D eigenvalue weighted by Crippen LogP contribution is -2.00. The second-order valence-corrected chi connectivity index (χ2v) is 3.38. The van der Waals surface area contributed by atoms with Crippen LogP contribution in [-0.2, 0) is 0 Å². The van der Waals surface area contributed by atoms with Crippen molar-refractivity contribution in [1.29, 1.82) is 0 Å². The van der Waals surface area contributed by atoms with Crippen LogP contribution in [0.3, 0.4) is 0 Å². The molecule has 0 aliphatic heterocycles. The van der Waals surface area contributed by atoms with Gasteiger partial charge in [-0.05, 0) is 31.5 Å². The van der Waals surface area contributed by atoms with E-state index in [1.54, 1.807) is 4.68 Å². The summed E-state index contributed by atoms with van der Waals surface area (Å²) in [5.74, 6) is 0.802. The summed E-state index contributed by atoms with van der Waals surface area (Å²) in [7, 11) is 0. The number of rotatable bonds is 2. The molecule has 2 aromatic rings. The van der Waals surface area contributed by atoms with Crippen LogP contribution in [0.5, 0.6) is 0 Å². The molecule has 0 spiro atoms. The number of aldehydes is 1. The summed E-state index contributed by atoms with van der Waals surface area (Å²) in [5, 5.41) is 4.08. The lowest BCUT2D eigenvalue weighted by Gasteiger charge is -2.05. The monoisotopic (exact) mass is 201 g/mol. The molecule has 0 saturated heterocycles. The molecular formula is C11H11N3O. The zero-order valence-electron chi connectivity index (χ0n) is 8.64. The number of benzene rings is 1. The molecule has 0 radical (unpaired) electrons. The van der Waals surface area contributed by atoms with Gasteiger partial charge in [-0.2, -0.15) is 5.10 Å². The first kappa shape index (κ1) is 9.58. The van der Waals surface area contributed by atoms with E-state index in [1.807, 2.05) is 32.0 Å². The van der Waals surface area contributed by atoms with Gasteiger partial charge in [0.15, 0.2) is 0 Å². The highest BCUT2D eigenvalue weighted by Crippen LogP contribution is 2.13. The number of carbonyl (C=O) groups excluding carboxylic acids is 1. The number of aromatic nitrogens is 3. The average Bonchev–Trinajstić information content (AvgIpc) is 2.65. The Morgan fingerprint density at radius 2 is 2.13 bits per heavy atom. The van der Waals surface area contributed by atoms with Crippen LogP contribution in [0.25, 0.3) is 5.69 Å². The largest absolute Gasteiger partial charge is 0.298 e. The Labute approximate surface area is 87.6 Å². The second-order valence-electron chi connectivity index (χ2n) is 3.38. The molecule has 76 valence electrons. The van der Waals surface area contributed by atoms with E-state index in [0.29, 0.717) is 5.56 Å². The van der Waals surface area contributed by atoms with Gasteiger partial charge >= 0.3 is 0 Å². The van der Waals surface area contributed by atoms with E-state index in [-0.39, 0.29) is 0 Å². The van der Waals surface area contributed by atoms with Gasteiger partial charge < -0.3 is 0 Å². The highest BCUT2D eigenvalue weighted by Gasteiger charge is 2.04. The van der Waals surface area contributed by atoms with Gasteiger partial charge in [-0.3, -0.25) is 4.79 Å². The van der Waals surface area contributed by atoms with Crippen molar-refractivity contribution in [2.24, 2.45) is 0 Å². The van der Waals surface area contributed by atoms with Crippen molar-refractivity contribution >= 4 is 6.29 Å². The Hall–Kier alpha value is -1.97. The number of hydrogen-bond donors (Lipinski definition) is 0. The Balaban J connectivity index is 2.55. The Bertz CT molecular complexity index is 502. The van der Waals surface area contributed by atoms with Crippen molar-refractivity contribution in [3.8, 4) is 5.69 Å². The minimum Gasteiger partial charge on any atom is -0.298 e. The zero-order valence-corrected chi connectivity index (χ0v) is 8.64. The van der Waals surface area contributed by atoms with E-state index in [9.17, 15) is 4.79 Å². The maximum Gasteiger partial charge on any atom is 0.150 e. The minimum atomic E-state index is 0.683. The normalized spacial score (nSPS) is 10.3. The van der Waals surface area contributed by atoms with Gasteiger partial charge in [0.05, 0.1) is 5.69 Å². The fourth-order valence-corrected chi connectivity index (χ4v) is 1.44. The molecule has 1 heterocycles. The maximum atomic E-state index is 10.8. The standard InChI is InChI=1S/C11H11N3O/c1-8-3-4-11(5-10(8)6-15)14-9(2)12-7-13-14/h3-7H,1-2H3. The van der Waals surface area contributed by atoms with Crippen molar-refractivity contribution < 1.29 is 4.79 Å². The van der Waals surface area contributed by atoms with Crippen LogP contribution in [0.4, 0.5) is 0 Å². The smallest absolute Gasteiger partial charge is 0.150 e. The molecule has 0 atom stereocenters. The molecule has 0 unspecified atom stereocenters. The fourth-order valence-electron chi connectivity index (χ4n) is 1.44. The van der Waals surface area contributed by atoms with E-state index in [0.717, 1.165) is 23.4 Å². The lowest BCUT2D eigenvalue weighted by molar-refractivity contribution is 0.112. The molecule has 0 aliphatic rings. The van der Waals surface area contributed by atoms with Crippen LogP contribution in [0.15, 0.2) is 24.5 Å². The van der Waals surface area contributed by atoms with Crippen molar-refractivity contribution in [2.75, 3.05) is 0 Å². The Morgan fingerprint density at radius 3 is 2.73 bits per heavy atom. The summed E-state index contributed by atoms with van der Waals surface area (Å²) in [6.45, 7) is 3.77. The molecule has 4 nitrogen and oxygen atoms in total. The molecule has 2 rings (SSSR count). The van der Waals surface area contributed by atoms with Gasteiger partial charge in [0.2, 0.25) is 0 Å². The third-order valence-corrected chi connectivity index (χ3v) is 2.35. The molecule has 1 aromatic heterocycles. The molecule has 4 heteroatoms. The lowest BCUT2D eigenvalue weighted by atomic mass is 10.1. The molecule has 0 saturated carbocycles. The van der Waals surface area contributed by atoms with Gasteiger partial charge in [0.1, 0.15) is 18.4 Å². The first-order chi connectivity index (χ1) is 7.22. The first-order valence-corrected chi connectivity index (χ1v) is 4.65. The van der Waals surface area contributed by atoms with Gasteiger partial charge in [0.25, 0.3) is 0 Å². The van der Waals surface area contributed by atoms with Crippen LogP contribution >= 0.6 is 0 Å². The minimum absolute atomic E-state index is 0.683. The van der Waals surface area contributed by atoms with Gasteiger partial charge in [-0.15, -0.1) is 0 Å². The predicted molar refractivity (Wildman–Crippen MR) is 56.2 cm³/mol. The summed E-state index contributed by atoms with van der Waals surface area (Å²) >= 11 is 0. The van der Waals surface area contributed by atoms with Crippen LogP contribution in [0.1, 0.15) is 21.7 Å². The summed E-state index contributed by atoms with van der Waals surface area (Å²) in [4.78, 5) is 14.8. The second kappa shape index (κ2) is 3.65. The van der Waals surface area contributed by atoms with E-state index >= 15 is 0 Å². The summed E-state index contributed by atoms with van der Waals surface area (Å²) in [6.07, 6.45) is 2.35. The SMILES string of the molecule is Cc1ccc(-n2ncnc2C)cc1C=O.